The Hall–Kier alpha value is -3.16. The highest BCUT2D eigenvalue weighted by molar-refractivity contribution is 5.83. The molecule has 29 heavy (non-hydrogen) atoms. The number of fused-ring (bicyclic) bond motifs is 1. The van der Waals surface area contributed by atoms with Crippen molar-refractivity contribution in [1.29, 1.82) is 0 Å². The number of hydrogen-bond donors (Lipinski definition) is 3. The lowest BCUT2D eigenvalue weighted by molar-refractivity contribution is 0.238. The van der Waals surface area contributed by atoms with Gasteiger partial charge in [-0.15, -0.1) is 0 Å². The summed E-state index contributed by atoms with van der Waals surface area (Å²) >= 11 is 0. The van der Waals surface area contributed by atoms with E-state index in [4.69, 9.17) is 0 Å². The summed E-state index contributed by atoms with van der Waals surface area (Å²) in [5, 5.41) is 6.49. The number of halogens is 3. The summed E-state index contributed by atoms with van der Waals surface area (Å²) in [4.78, 5) is 17.0. The molecule has 3 N–H and O–H groups in total. The number of carbonyl (C=O) groups is 1. The van der Waals surface area contributed by atoms with Gasteiger partial charge in [-0.25, -0.2) is 18.0 Å². The van der Waals surface area contributed by atoms with E-state index in [1.807, 2.05) is 6.20 Å². The number of benzene rings is 2. The van der Waals surface area contributed by atoms with Gasteiger partial charge in [-0.3, -0.25) is 0 Å². The van der Waals surface area contributed by atoms with E-state index in [0.717, 1.165) is 22.5 Å². The number of aromatic amines is 1. The molecule has 1 saturated heterocycles. The highest BCUT2D eigenvalue weighted by Gasteiger charge is 2.25. The van der Waals surface area contributed by atoms with Crippen LogP contribution in [0.15, 0.2) is 42.6 Å². The molecule has 2 heterocycles. The fraction of sp³-hybridized carbons (Fsp3) is 0.286. The number of H-pyrrole nitrogens is 1. The molecule has 1 aliphatic heterocycles. The summed E-state index contributed by atoms with van der Waals surface area (Å²) in [5.41, 5.74) is 2.12. The fourth-order valence-corrected chi connectivity index (χ4v) is 3.74. The Bertz CT molecular complexity index is 1040. The van der Waals surface area contributed by atoms with Crippen molar-refractivity contribution in [2.24, 2.45) is 0 Å². The van der Waals surface area contributed by atoms with Gasteiger partial charge < -0.3 is 20.5 Å². The van der Waals surface area contributed by atoms with Crippen LogP contribution in [-0.4, -0.2) is 36.7 Å². The number of carbonyl (C=O) groups excluding carboxylic acids is 1. The maximum absolute atomic E-state index is 13.9. The normalized spacial score (nSPS) is 16.4. The second-order valence-corrected chi connectivity index (χ2v) is 7.18. The molecule has 1 aromatic heterocycles. The predicted molar refractivity (Wildman–Crippen MR) is 105 cm³/mol. The summed E-state index contributed by atoms with van der Waals surface area (Å²) in [6.07, 6.45) is 3.05. The minimum absolute atomic E-state index is 0.123. The van der Waals surface area contributed by atoms with Gasteiger partial charge in [0.1, 0.15) is 17.5 Å². The van der Waals surface area contributed by atoms with Gasteiger partial charge in [0, 0.05) is 48.8 Å². The summed E-state index contributed by atoms with van der Waals surface area (Å²) in [7, 11) is 0. The van der Waals surface area contributed by atoms with E-state index in [9.17, 15) is 18.0 Å². The van der Waals surface area contributed by atoms with Gasteiger partial charge in [-0.1, -0.05) is 0 Å². The lowest BCUT2D eigenvalue weighted by atomic mass is 10.1. The number of nitrogens with zero attached hydrogens (tertiary/aromatic N) is 1. The molecule has 0 saturated carbocycles. The first-order valence-corrected chi connectivity index (χ1v) is 9.49. The average Bonchev–Trinajstić information content (AvgIpc) is 3.29. The predicted octanol–water partition coefficient (Wildman–Crippen LogP) is 3.71. The molecule has 152 valence electrons. The van der Waals surface area contributed by atoms with E-state index in [-0.39, 0.29) is 17.9 Å². The molecule has 1 fully saturated rings. The molecule has 0 bridgehead atoms. The van der Waals surface area contributed by atoms with Gasteiger partial charge >= 0.3 is 6.03 Å². The van der Waals surface area contributed by atoms with Crippen LogP contribution < -0.4 is 15.5 Å². The third-order valence-corrected chi connectivity index (χ3v) is 5.18. The first kappa shape index (κ1) is 19.2. The maximum Gasteiger partial charge on any atom is 0.315 e. The Morgan fingerprint density at radius 3 is 2.76 bits per heavy atom. The average molecular weight is 402 g/mol. The van der Waals surface area contributed by atoms with Gasteiger partial charge in [-0.05, 0) is 48.7 Å². The number of aromatic nitrogens is 1. The van der Waals surface area contributed by atoms with Crippen molar-refractivity contribution in [2.45, 2.75) is 18.9 Å². The quantitative estimate of drug-likeness (QED) is 0.609. The molecule has 2 aromatic carbocycles. The van der Waals surface area contributed by atoms with Gasteiger partial charge in [0.2, 0.25) is 0 Å². The van der Waals surface area contributed by atoms with Crippen LogP contribution in [0.5, 0.6) is 0 Å². The molecule has 1 unspecified atom stereocenters. The molecule has 4 rings (SSSR count). The van der Waals surface area contributed by atoms with Crippen LogP contribution in [0.2, 0.25) is 0 Å². The van der Waals surface area contributed by atoms with Crippen LogP contribution in [0.1, 0.15) is 12.0 Å². The zero-order valence-electron chi connectivity index (χ0n) is 15.6. The van der Waals surface area contributed by atoms with E-state index in [2.05, 4.69) is 15.6 Å². The second-order valence-electron chi connectivity index (χ2n) is 7.18. The van der Waals surface area contributed by atoms with E-state index >= 15 is 0 Å². The lowest BCUT2D eigenvalue weighted by Gasteiger charge is -2.19. The fourth-order valence-electron chi connectivity index (χ4n) is 3.74. The SMILES string of the molecule is O=C(NCCc1c[nH]c2ccc(F)cc12)NC1CCN(c2ccc(F)cc2F)C1. The molecule has 1 aliphatic rings. The zero-order chi connectivity index (χ0) is 20.4. The molecule has 3 aromatic rings. The maximum atomic E-state index is 13.9. The van der Waals surface area contributed by atoms with E-state index in [1.165, 1.54) is 24.3 Å². The second kappa shape index (κ2) is 8.06. The number of nitrogens with one attached hydrogen (secondary N) is 3. The van der Waals surface area contributed by atoms with E-state index in [0.29, 0.717) is 38.2 Å². The standard InChI is InChI=1S/C21H21F3N4O/c22-14-1-3-19-17(9-14)13(11-26-19)5-7-25-21(29)27-16-6-8-28(12-16)20-4-2-15(23)10-18(20)24/h1-4,9-11,16,26H,5-8,12H2,(H2,25,27,29). The monoisotopic (exact) mass is 402 g/mol. The highest BCUT2D eigenvalue weighted by Crippen LogP contribution is 2.24. The summed E-state index contributed by atoms with van der Waals surface area (Å²) in [5.74, 6) is -1.52. The van der Waals surface area contributed by atoms with Crippen molar-refractivity contribution in [3.8, 4) is 0 Å². The van der Waals surface area contributed by atoms with Crippen molar-refractivity contribution in [1.82, 2.24) is 15.6 Å². The van der Waals surface area contributed by atoms with Crippen molar-refractivity contribution in [2.75, 3.05) is 24.5 Å². The smallest absolute Gasteiger partial charge is 0.315 e. The first-order chi connectivity index (χ1) is 14.0. The molecule has 0 aliphatic carbocycles. The third kappa shape index (κ3) is 4.31. The minimum atomic E-state index is -0.613. The molecule has 0 spiro atoms. The van der Waals surface area contributed by atoms with Crippen molar-refractivity contribution in [3.05, 3.63) is 65.6 Å². The minimum Gasteiger partial charge on any atom is -0.367 e. The van der Waals surface area contributed by atoms with Gasteiger partial charge in [0.15, 0.2) is 0 Å². The summed E-state index contributed by atoms with van der Waals surface area (Å²) < 4.78 is 40.4. The molecular formula is C21H21F3N4O. The van der Waals surface area contributed by atoms with Crippen molar-refractivity contribution in [3.63, 3.8) is 0 Å². The van der Waals surface area contributed by atoms with Gasteiger partial charge in [0.05, 0.1) is 5.69 Å². The number of rotatable bonds is 5. The van der Waals surface area contributed by atoms with Crippen molar-refractivity contribution >= 4 is 22.6 Å². The van der Waals surface area contributed by atoms with Crippen LogP contribution in [0, 0.1) is 17.5 Å². The van der Waals surface area contributed by atoms with Crippen LogP contribution in [0.25, 0.3) is 10.9 Å². The highest BCUT2D eigenvalue weighted by atomic mass is 19.1. The first-order valence-electron chi connectivity index (χ1n) is 9.49. The Balaban J connectivity index is 1.26. The van der Waals surface area contributed by atoms with Crippen LogP contribution in [-0.2, 0) is 6.42 Å². The molecule has 8 heteroatoms. The molecule has 2 amide bonds. The topological polar surface area (TPSA) is 60.2 Å². The number of amides is 2. The van der Waals surface area contributed by atoms with Crippen LogP contribution in [0.4, 0.5) is 23.7 Å². The summed E-state index contributed by atoms with van der Waals surface area (Å²) in [6, 6.07) is 7.63. The Labute approximate surface area is 165 Å². The van der Waals surface area contributed by atoms with Crippen molar-refractivity contribution < 1.29 is 18.0 Å². The lowest BCUT2D eigenvalue weighted by Crippen LogP contribution is -2.44. The van der Waals surface area contributed by atoms with E-state index < -0.39 is 11.6 Å². The van der Waals surface area contributed by atoms with Gasteiger partial charge in [-0.2, -0.15) is 0 Å². The van der Waals surface area contributed by atoms with Crippen LogP contribution in [0.3, 0.4) is 0 Å². The number of anilines is 1. The number of hydrogen-bond acceptors (Lipinski definition) is 2. The molecule has 5 nitrogen and oxygen atoms in total. The van der Waals surface area contributed by atoms with Gasteiger partial charge in [0.25, 0.3) is 0 Å². The Kier molecular flexibility index (Phi) is 5.33. The molecule has 1 atom stereocenters. The molecular weight excluding hydrogens is 381 g/mol. The molecule has 0 radical (unpaired) electrons. The third-order valence-electron chi connectivity index (χ3n) is 5.18. The largest absolute Gasteiger partial charge is 0.367 e. The zero-order valence-corrected chi connectivity index (χ0v) is 15.6. The number of urea groups is 1. The Morgan fingerprint density at radius 2 is 1.93 bits per heavy atom. The summed E-state index contributed by atoms with van der Waals surface area (Å²) in [6.45, 7) is 1.43. The Morgan fingerprint density at radius 1 is 1.14 bits per heavy atom. The van der Waals surface area contributed by atoms with Crippen LogP contribution >= 0.6 is 0 Å². The van der Waals surface area contributed by atoms with E-state index in [1.54, 1.807) is 11.0 Å².